The Morgan fingerprint density at radius 1 is 1.05 bits per heavy atom. The number of rotatable bonds is 2. The van der Waals surface area contributed by atoms with Crippen molar-refractivity contribution in [3.63, 3.8) is 0 Å². The molecule has 102 valence electrons. The molecule has 2 rings (SSSR count). The van der Waals surface area contributed by atoms with Gasteiger partial charge in [-0.15, -0.1) is 0 Å². The highest BCUT2D eigenvalue weighted by Gasteiger charge is 2.21. The summed E-state index contributed by atoms with van der Waals surface area (Å²) in [7, 11) is 0. The molecule has 4 heteroatoms. The number of hydrogen-bond donors (Lipinski definition) is 2. The fraction of sp³-hybridized carbons (Fsp3) is 0.467. The van der Waals surface area contributed by atoms with Crippen LogP contribution in [0.1, 0.15) is 58.0 Å². The number of carbonyl (C=O) groups excluding carboxylic acids is 2. The fourth-order valence-corrected chi connectivity index (χ4v) is 2.92. The Hall–Kier alpha value is -1.84. The largest absolute Gasteiger partial charge is 0.366 e. The maximum Gasteiger partial charge on any atom is 0.248 e. The van der Waals surface area contributed by atoms with Crippen molar-refractivity contribution in [1.82, 2.24) is 0 Å². The summed E-state index contributed by atoms with van der Waals surface area (Å²) in [5, 5.41) is 0. The number of primary amides is 2. The van der Waals surface area contributed by atoms with Crippen LogP contribution in [0.15, 0.2) is 12.1 Å². The van der Waals surface area contributed by atoms with E-state index in [0.29, 0.717) is 17.0 Å². The van der Waals surface area contributed by atoms with Crippen molar-refractivity contribution in [2.24, 2.45) is 17.4 Å². The summed E-state index contributed by atoms with van der Waals surface area (Å²) in [4.78, 5) is 23.1. The van der Waals surface area contributed by atoms with Gasteiger partial charge in [-0.25, -0.2) is 0 Å². The second kappa shape index (κ2) is 5.43. The number of fused-ring (bicyclic) bond motifs is 1. The molecule has 1 aliphatic rings. The summed E-state index contributed by atoms with van der Waals surface area (Å²) in [6.45, 7) is 2.16. The van der Waals surface area contributed by atoms with Crippen LogP contribution in [0.5, 0.6) is 0 Å². The molecule has 1 aromatic carbocycles. The molecule has 0 aliphatic heterocycles. The van der Waals surface area contributed by atoms with Crippen LogP contribution < -0.4 is 11.5 Å². The van der Waals surface area contributed by atoms with Gasteiger partial charge in [-0.1, -0.05) is 19.8 Å². The molecular weight excluding hydrogens is 240 g/mol. The molecule has 0 heterocycles. The van der Waals surface area contributed by atoms with E-state index in [1.54, 1.807) is 12.1 Å². The van der Waals surface area contributed by atoms with E-state index >= 15 is 0 Å². The standard InChI is InChI=1S/C15H20N2O2/c1-9-4-2-3-5-10-11(14(16)18)6-7-12(15(17)19)13(10)8-9/h6-7,9H,2-5,8H2,1H3,(H2,16,18)(H2,17,19). The Balaban J connectivity index is 2.61. The van der Waals surface area contributed by atoms with Crippen LogP contribution in [0.4, 0.5) is 0 Å². The van der Waals surface area contributed by atoms with Crippen molar-refractivity contribution < 1.29 is 9.59 Å². The van der Waals surface area contributed by atoms with Crippen LogP contribution >= 0.6 is 0 Å². The first-order valence-electron chi connectivity index (χ1n) is 6.75. The molecule has 1 unspecified atom stereocenters. The minimum absolute atomic E-state index is 0.430. The van der Waals surface area contributed by atoms with Crippen molar-refractivity contribution in [3.8, 4) is 0 Å². The van der Waals surface area contributed by atoms with Crippen molar-refractivity contribution in [2.45, 2.75) is 39.0 Å². The third-order valence-electron chi connectivity index (χ3n) is 3.89. The van der Waals surface area contributed by atoms with Gasteiger partial charge in [0.2, 0.25) is 11.8 Å². The summed E-state index contributed by atoms with van der Waals surface area (Å²) in [6.07, 6.45) is 4.87. The van der Waals surface area contributed by atoms with Gasteiger partial charge < -0.3 is 11.5 Å². The van der Waals surface area contributed by atoms with Gasteiger partial charge in [0, 0.05) is 11.1 Å². The highest BCUT2D eigenvalue weighted by atomic mass is 16.1. The van der Waals surface area contributed by atoms with Gasteiger partial charge in [-0.2, -0.15) is 0 Å². The lowest BCUT2D eigenvalue weighted by Crippen LogP contribution is -2.22. The Morgan fingerprint density at radius 3 is 2.21 bits per heavy atom. The molecule has 0 saturated heterocycles. The second-order valence-electron chi connectivity index (χ2n) is 5.40. The number of amides is 2. The molecule has 19 heavy (non-hydrogen) atoms. The van der Waals surface area contributed by atoms with Crippen molar-refractivity contribution in [2.75, 3.05) is 0 Å². The molecular formula is C15H20N2O2. The molecule has 4 N–H and O–H groups in total. The van der Waals surface area contributed by atoms with Crippen molar-refractivity contribution in [1.29, 1.82) is 0 Å². The molecule has 4 nitrogen and oxygen atoms in total. The zero-order valence-corrected chi connectivity index (χ0v) is 11.2. The first kappa shape index (κ1) is 13.6. The summed E-state index contributed by atoms with van der Waals surface area (Å²) < 4.78 is 0. The summed E-state index contributed by atoms with van der Waals surface area (Å²) in [6, 6.07) is 3.27. The maximum atomic E-state index is 11.6. The Kier molecular flexibility index (Phi) is 3.88. The fourth-order valence-electron chi connectivity index (χ4n) is 2.92. The monoisotopic (exact) mass is 260 g/mol. The van der Waals surface area contributed by atoms with Crippen LogP contribution in [0.3, 0.4) is 0 Å². The molecule has 0 aromatic heterocycles. The predicted octanol–water partition coefficient (Wildman–Crippen LogP) is 1.79. The minimum atomic E-state index is -0.431. The van der Waals surface area contributed by atoms with Gasteiger partial charge >= 0.3 is 0 Å². The Labute approximate surface area is 113 Å². The van der Waals surface area contributed by atoms with Crippen LogP contribution in [0.2, 0.25) is 0 Å². The average Bonchev–Trinajstić information content (AvgIpc) is 2.31. The Bertz CT molecular complexity index is 523. The minimum Gasteiger partial charge on any atom is -0.366 e. The lowest BCUT2D eigenvalue weighted by atomic mass is 9.82. The average molecular weight is 260 g/mol. The van der Waals surface area contributed by atoms with Gasteiger partial charge in [0.05, 0.1) is 0 Å². The first-order chi connectivity index (χ1) is 9.00. The van der Waals surface area contributed by atoms with Crippen molar-refractivity contribution in [3.05, 3.63) is 34.4 Å². The molecule has 0 radical (unpaired) electrons. The molecule has 1 aliphatic carbocycles. The zero-order valence-electron chi connectivity index (χ0n) is 11.2. The van der Waals surface area contributed by atoms with Crippen LogP contribution in [0, 0.1) is 5.92 Å². The van der Waals surface area contributed by atoms with Gasteiger partial charge in [0.15, 0.2) is 0 Å². The van der Waals surface area contributed by atoms with Gasteiger partial charge in [-0.3, -0.25) is 9.59 Å². The zero-order chi connectivity index (χ0) is 14.0. The Morgan fingerprint density at radius 2 is 1.63 bits per heavy atom. The molecule has 0 spiro atoms. The van der Waals surface area contributed by atoms with E-state index in [4.69, 9.17) is 11.5 Å². The lowest BCUT2D eigenvalue weighted by Gasteiger charge is -2.22. The van der Waals surface area contributed by atoms with E-state index in [-0.39, 0.29) is 0 Å². The predicted molar refractivity (Wildman–Crippen MR) is 73.9 cm³/mol. The van der Waals surface area contributed by atoms with Crippen molar-refractivity contribution >= 4 is 11.8 Å². The maximum absolute atomic E-state index is 11.6. The number of carbonyl (C=O) groups is 2. The number of benzene rings is 1. The third-order valence-corrected chi connectivity index (χ3v) is 3.89. The summed E-state index contributed by atoms with van der Waals surface area (Å²) >= 11 is 0. The SMILES string of the molecule is CC1CCCCc2c(C(N)=O)ccc(C(N)=O)c2C1. The second-order valence-corrected chi connectivity index (χ2v) is 5.40. The van der Waals surface area contributed by atoms with Crippen LogP contribution in [0.25, 0.3) is 0 Å². The van der Waals surface area contributed by atoms with E-state index < -0.39 is 11.8 Å². The lowest BCUT2D eigenvalue weighted by molar-refractivity contribution is 0.0986. The number of hydrogen-bond acceptors (Lipinski definition) is 2. The highest BCUT2D eigenvalue weighted by Crippen LogP contribution is 2.28. The molecule has 0 fully saturated rings. The molecule has 1 atom stereocenters. The van der Waals surface area contributed by atoms with Gasteiger partial charge in [-0.05, 0) is 48.4 Å². The molecule has 1 aromatic rings. The number of nitrogens with two attached hydrogens (primary N) is 2. The first-order valence-corrected chi connectivity index (χ1v) is 6.75. The third kappa shape index (κ3) is 2.78. The van der Waals surface area contributed by atoms with Gasteiger partial charge in [0.25, 0.3) is 0 Å². The topological polar surface area (TPSA) is 86.2 Å². The molecule has 2 amide bonds. The van der Waals surface area contributed by atoms with E-state index in [9.17, 15) is 9.59 Å². The summed E-state index contributed by atoms with van der Waals surface area (Å²) in [5.74, 6) is -0.374. The van der Waals surface area contributed by atoms with Crippen LogP contribution in [-0.4, -0.2) is 11.8 Å². The smallest absolute Gasteiger partial charge is 0.248 e. The molecule has 0 bridgehead atoms. The van der Waals surface area contributed by atoms with E-state index in [1.165, 1.54) is 0 Å². The summed E-state index contributed by atoms with van der Waals surface area (Å²) in [5.41, 5.74) is 13.8. The van der Waals surface area contributed by atoms with E-state index in [2.05, 4.69) is 6.92 Å². The van der Waals surface area contributed by atoms with Crippen LogP contribution in [-0.2, 0) is 12.8 Å². The van der Waals surface area contributed by atoms with Gasteiger partial charge in [0.1, 0.15) is 0 Å². The van der Waals surface area contributed by atoms with E-state index in [0.717, 1.165) is 43.2 Å². The van der Waals surface area contributed by atoms with E-state index in [1.807, 2.05) is 0 Å². The quantitative estimate of drug-likeness (QED) is 0.849. The molecule has 0 saturated carbocycles. The highest BCUT2D eigenvalue weighted by molar-refractivity contribution is 5.99. The normalized spacial score (nSPS) is 19.1.